The van der Waals surface area contributed by atoms with E-state index in [1.54, 1.807) is 0 Å². The zero-order valence-electron chi connectivity index (χ0n) is 19.8. The lowest BCUT2D eigenvalue weighted by Crippen LogP contribution is -2.49. The molecule has 2 saturated heterocycles. The van der Waals surface area contributed by atoms with Crippen molar-refractivity contribution in [1.82, 2.24) is 35.0 Å². The molecule has 2 atom stereocenters. The topological polar surface area (TPSA) is 92.2 Å². The van der Waals surface area contributed by atoms with Crippen LogP contribution in [-0.2, 0) is 11.3 Å². The van der Waals surface area contributed by atoms with Crippen LogP contribution in [0.2, 0.25) is 0 Å². The summed E-state index contributed by atoms with van der Waals surface area (Å²) in [7, 11) is 0. The van der Waals surface area contributed by atoms with Gasteiger partial charge in [0.25, 0.3) is 5.56 Å². The largest absolute Gasteiger partial charge is 0.376 e. The summed E-state index contributed by atoms with van der Waals surface area (Å²) in [4.78, 5) is 21.3. The molecule has 0 spiro atoms. The predicted molar refractivity (Wildman–Crippen MR) is 126 cm³/mol. The number of likely N-dealkylation sites (N-methyl/N-ethyl adjacent to an activating group) is 1. The standard InChI is InChI=1S/C24H33N7O2/c1-4-29-7-9-30(10-8-29)22(23-26-27-28-31(23)15-19-6-5-11-33-19)20-14-18-12-16(2)17(3)13-21(18)25-24(20)32/h12-14,19,22H,4-11,15H2,1-3H3,(H,25,32)/t19-,22-/m0/s1. The molecule has 0 radical (unpaired) electrons. The first kappa shape index (κ1) is 22.2. The molecule has 9 heteroatoms. The third-order valence-corrected chi connectivity index (χ3v) is 7.21. The van der Waals surface area contributed by atoms with Crippen LogP contribution in [0.25, 0.3) is 10.9 Å². The summed E-state index contributed by atoms with van der Waals surface area (Å²) in [5.41, 5.74) is 3.84. The van der Waals surface area contributed by atoms with E-state index in [-0.39, 0.29) is 17.7 Å². The van der Waals surface area contributed by atoms with Gasteiger partial charge < -0.3 is 14.6 Å². The highest BCUT2D eigenvalue weighted by Crippen LogP contribution is 2.29. The molecule has 33 heavy (non-hydrogen) atoms. The van der Waals surface area contributed by atoms with Gasteiger partial charge in [0.15, 0.2) is 5.82 Å². The lowest BCUT2D eigenvalue weighted by molar-refractivity contribution is 0.0860. The number of nitrogens with zero attached hydrogens (tertiary/aromatic N) is 6. The highest BCUT2D eigenvalue weighted by atomic mass is 16.5. The summed E-state index contributed by atoms with van der Waals surface area (Å²) in [6, 6.07) is 5.91. The fourth-order valence-electron chi connectivity index (χ4n) is 5.05. The number of aromatic nitrogens is 5. The number of fused-ring (bicyclic) bond motifs is 1. The van der Waals surface area contributed by atoms with Crippen molar-refractivity contribution in [1.29, 1.82) is 0 Å². The smallest absolute Gasteiger partial charge is 0.253 e. The van der Waals surface area contributed by atoms with Gasteiger partial charge in [-0.2, -0.15) is 0 Å². The predicted octanol–water partition coefficient (Wildman–Crippen LogP) is 2.04. The van der Waals surface area contributed by atoms with Crippen LogP contribution in [0.5, 0.6) is 0 Å². The zero-order chi connectivity index (χ0) is 22.9. The fraction of sp³-hybridized carbons (Fsp3) is 0.583. The van der Waals surface area contributed by atoms with E-state index in [0.29, 0.717) is 17.9 Å². The lowest BCUT2D eigenvalue weighted by atomic mass is 10.00. The number of benzene rings is 1. The number of pyridine rings is 1. The monoisotopic (exact) mass is 451 g/mol. The first-order valence-electron chi connectivity index (χ1n) is 12.0. The highest BCUT2D eigenvalue weighted by Gasteiger charge is 2.33. The maximum absolute atomic E-state index is 13.4. The van der Waals surface area contributed by atoms with Gasteiger partial charge in [0.1, 0.15) is 6.04 Å². The molecule has 0 amide bonds. The summed E-state index contributed by atoms with van der Waals surface area (Å²) >= 11 is 0. The average Bonchev–Trinajstić information content (AvgIpc) is 3.49. The van der Waals surface area contributed by atoms with Crippen LogP contribution in [0.15, 0.2) is 23.0 Å². The summed E-state index contributed by atoms with van der Waals surface area (Å²) in [5.74, 6) is 0.712. The number of aromatic amines is 1. The molecule has 0 unspecified atom stereocenters. The van der Waals surface area contributed by atoms with Gasteiger partial charge in [-0.1, -0.05) is 6.92 Å². The Bertz CT molecular complexity index is 1170. The third-order valence-electron chi connectivity index (χ3n) is 7.21. The Morgan fingerprint density at radius 1 is 1.15 bits per heavy atom. The number of piperazine rings is 1. The van der Waals surface area contributed by atoms with Crippen molar-refractivity contribution in [2.24, 2.45) is 0 Å². The van der Waals surface area contributed by atoms with Crippen molar-refractivity contribution >= 4 is 10.9 Å². The summed E-state index contributed by atoms with van der Waals surface area (Å²) in [6.07, 6.45) is 2.19. The van der Waals surface area contributed by atoms with Crippen molar-refractivity contribution in [3.63, 3.8) is 0 Å². The van der Waals surface area contributed by atoms with Gasteiger partial charge >= 0.3 is 0 Å². The summed E-state index contributed by atoms with van der Waals surface area (Å²) < 4.78 is 7.69. The van der Waals surface area contributed by atoms with E-state index in [0.717, 1.165) is 63.1 Å². The normalized spacial score (nSPS) is 21.1. The number of nitrogens with one attached hydrogen (secondary N) is 1. The molecule has 0 aliphatic carbocycles. The van der Waals surface area contributed by atoms with Crippen LogP contribution in [-0.4, -0.2) is 80.4 Å². The van der Waals surface area contributed by atoms with Gasteiger partial charge in [-0.05, 0) is 78.4 Å². The third kappa shape index (κ3) is 4.45. The molecule has 0 bridgehead atoms. The van der Waals surface area contributed by atoms with Crippen LogP contribution in [0.3, 0.4) is 0 Å². The summed E-state index contributed by atoms with van der Waals surface area (Å²) in [5, 5.41) is 13.8. The van der Waals surface area contributed by atoms with Crippen molar-refractivity contribution in [2.75, 3.05) is 39.3 Å². The second-order valence-corrected chi connectivity index (χ2v) is 9.30. The molecule has 1 N–H and O–H groups in total. The second-order valence-electron chi connectivity index (χ2n) is 9.30. The molecule has 4 heterocycles. The van der Waals surface area contributed by atoms with Gasteiger partial charge in [0, 0.05) is 43.9 Å². The van der Waals surface area contributed by atoms with Crippen LogP contribution in [0.1, 0.15) is 48.3 Å². The summed E-state index contributed by atoms with van der Waals surface area (Å²) in [6.45, 7) is 12.4. The minimum atomic E-state index is -0.310. The molecular formula is C24H33N7O2. The molecule has 2 aliphatic heterocycles. The Kier molecular flexibility index (Phi) is 6.27. The Hall–Kier alpha value is -2.62. The number of aryl methyl sites for hydroxylation is 2. The molecule has 1 aromatic carbocycles. The number of hydrogen-bond donors (Lipinski definition) is 1. The fourth-order valence-corrected chi connectivity index (χ4v) is 5.05. The van der Waals surface area contributed by atoms with Crippen LogP contribution in [0.4, 0.5) is 0 Å². The second kappa shape index (κ2) is 9.32. The van der Waals surface area contributed by atoms with Gasteiger partial charge in [-0.15, -0.1) is 5.10 Å². The maximum Gasteiger partial charge on any atom is 0.253 e. The van der Waals surface area contributed by atoms with Gasteiger partial charge in [0.05, 0.1) is 12.6 Å². The molecule has 9 nitrogen and oxygen atoms in total. The van der Waals surface area contributed by atoms with Gasteiger partial charge in [-0.3, -0.25) is 9.69 Å². The molecule has 5 rings (SSSR count). The van der Waals surface area contributed by atoms with E-state index in [9.17, 15) is 4.79 Å². The Morgan fingerprint density at radius 3 is 2.67 bits per heavy atom. The van der Waals surface area contributed by atoms with Crippen LogP contribution >= 0.6 is 0 Å². The van der Waals surface area contributed by atoms with E-state index < -0.39 is 0 Å². The van der Waals surface area contributed by atoms with E-state index in [4.69, 9.17) is 4.74 Å². The SMILES string of the molecule is CCN1CCN([C@@H](c2cc3cc(C)c(C)cc3[nH]c2=O)c2nnnn2C[C@@H]2CCCO2)CC1. The molecule has 2 fully saturated rings. The Balaban J connectivity index is 1.58. The number of ether oxygens (including phenoxy) is 1. The molecule has 176 valence electrons. The van der Waals surface area contributed by atoms with Crippen molar-refractivity contribution in [3.8, 4) is 0 Å². The molecule has 2 aromatic heterocycles. The number of tetrazole rings is 1. The van der Waals surface area contributed by atoms with Crippen LogP contribution < -0.4 is 5.56 Å². The zero-order valence-corrected chi connectivity index (χ0v) is 19.8. The minimum Gasteiger partial charge on any atom is -0.376 e. The Morgan fingerprint density at radius 2 is 1.94 bits per heavy atom. The van der Waals surface area contributed by atoms with E-state index >= 15 is 0 Å². The highest BCUT2D eigenvalue weighted by molar-refractivity contribution is 5.81. The molecule has 0 saturated carbocycles. The minimum absolute atomic E-state index is 0.0830. The quantitative estimate of drug-likeness (QED) is 0.613. The van der Waals surface area contributed by atoms with E-state index in [2.05, 4.69) is 57.1 Å². The molecule has 2 aliphatic rings. The van der Waals surface area contributed by atoms with E-state index in [1.165, 1.54) is 11.1 Å². The van der Waals surface area contributed by atoms with Gasteiger partial charge in [-0.25, -0.2) is 4.68 Å². The number of rotatable bonds is 6. The molecular weight excluding hydrogens is 418 g/mol. The maximum atomic E-state index is 13.4. The Labute approximate surface area is 193 Å². The lowest BCUT2D eigenvalue weighted by Gasteiger charge is -2.38. The van der Waals surface area contributed by atoms with Crippen LogP contribution in [0, 0.1) is 13.8 Å². The first-order valence-corrected chi connectivity index (χ1v) is 12.0. The number of H-pyrrole nitrogens is 1. The van der Waals surface area contributed by atoms with Gasteiger partial charge in [0.2, 0.25) is 0 Å². The average molecular weight is 452 g/mol. The first-order chi connectivity index (χ1) is 16.0. The van der Waals surface area contributed by atoms with Crippen molar-refractivity contribution in [2.45, 2.75) is 52.3 Å². The van der Waals surface area contributed by atoms with Crippen molar-refractivity contribution < 1.29 is 4.74 Å². The molecule has 3 aromatic rings. The van der Waals surface area contributed by atoms with Crippen molar-refractivity contribution in [3.05, 3.63) is 51.1 Å². The van der Waals surface area contributed by atoms with E-state index in [1.807, 2.05) is 16.8 Å². The number of hydrogen-bond acceptors (Lipinski definition) is 7.